The molecule has 4 atom stereocenters. The molecule has 0 unspecified atom stereocenters. The number of allylic oxidation sites excluding steroid dienone is 2. The molecule has 2 fully saturated rings. The average molecular weight is 586 g/mol. The first kappa shape index (κ1) is 30.7. The van der Waals surface area contributed by atoms with E-state index in [9.17, 15) is 24.5 Å². The Morgan fingerprint density at radius 2 is 1.93 bits per heavy atom. The Labute approximate surface area is 252 Å². The van der Waals surface area contributed by atoms with Gasteiger partial charge in [-0.05, 0) is 97.8 Å². The van der Waals surface area contributed by atoms with Gasteiger partial charge in [-0.2, -0.15) is 0 Å². The van der Waals surface area contributed by atoms with E-state index in [0.717, 1.165) is 34.4 Å². The first-order valence-corrected chi connectivity index (χ1v) is 15.3. The lowest BCUT2D eigenvalue weighted by Gasteiger charge is -2.43. The zero-order chi connectivity index (χ0) is 30.5. The molecule has 9 nitrogen and oxygen atoms in total. The Bertz CT molecular complexity index is 1410. The third kappa shape index (κ3) is 6.91. The number of pyridine rings is 1. The summed E-state index contributed by atoms with van der Waals surface area (Å²) in [6, 6.07) is 12.7. The van der Waals surface area contributed by atoms with Crippen LogP contribution in [0.1, 0.15) is 69.5 Å². The first-order valence-electron chi connectivity index (χ1n) is 15.3. The topological polar surface area (TPSA) is 137 Å². The van der Waals surface area contributed by atoms with Crippen LogP contribution in [0.15, 0.2) is 59.8 Å². The van der Waals surface area contributed by atoms with Gasteiger partial charge in [-0.1, -0.05) is 37.1 Å². The number of carboxylic acid groups (broad SMARTS) is 1. The highest BCUT2D eigenvalue weighted by molar-refractivity contribution is 6.43. The lowest BCUT2D eigenvalue weighted by Crippen LogP contribution is -2.46. The molecule has 43 heavy (non-hydrogen) atoms. The number of carbonyl (C=O) groups excluding carboxylic acids is 2. The summed E-state index contributed by atoms with van der Waals surface area (Å²) < 4.78 is 6.14. The number of phenols is 1. The zero-order valence-electron chi connectivity index (χ0n) is 24.5. The van der Waals surface area contributed by atoms with E-state index in [1.165, 1.54) is 4.90 Å². The van der Waals surface area contributed by atoms with Gasteiger partial charge in [-0.3, -0.25) is 24.3 Å². The second-order valence-corrected chi connectivity index (χ2v) is 11.7. The number of carboxylic acids is 1. The Morgan fingerprint density at radius 3 is 2.65 bits per heavy atom. The van der Waals surface area contributed by atoms with Crippen LogP contribution in [-0.4, -0.2) is 62.7 Å². The number of phenolic OH excluding ortho intramolecular Hbond substituents is 1. The SMILES string of the molecule is CCC1=C2[C@@H](CC/C(=C/c3cccc(O)c3)c3ccccn3)OB(O)C[C@@H]2[C@@H]2C(=O)N(CCCCCC(=O)O)C(=O)[C@@H]2C1. The third-order valence-corrected chi connectivity index (χ3v) is 8.98. The van der Waals surface area contributed by atoms with E-state index >= 15 is 0 Å². The minimum absolute atomic E-state index is 0.0761. The molecule has 1 aromatic heterocycles. The van der Waals surface area contributed by atoms with E-state index in [-0.39, 0.29) is 36.2 Å². The molecule has 2 aliphatic heterocycles. The summed E-state index contributed by atoms with van der Waals surface area (Å²) in [5, 5.41) is 29.7. The van der Waals surface area contributed by atoms with Crippen molar-refractivity contribution in [1.82, 2.24) is 9.88 Å². The lowest BCUT2D eigenvalue weighted by atomic mass is 9.58. The molecule has 3 heterocycles. The largest absolute Gasteiger partial charge is 0.508 e. The number of hydrogen-bond donors (Lipinski definition) is 3. The van der Waals surface area contributed by atoms with Crippen molar-refractivity contribution in [3.8, 4) is 5.75 Å². The fourth-order valence-corrected chi connectivity index (χ4v) is 7.04. The molecule has 3 N–H and O–H groups in total. The molecule has 0 saturated carbocycles. The van der Waals surface area contributed by atoms with Crippen LogP contribution < -0.4 is 0 Å². The summed E-state index contributed by atoms with van der Waals surface area (Å²) in [5.41, 5.74) is 4.79. The minimum atomic E-state index is -1.04. The van der Waals surface area contributed by atoms with Crippen molar-refractivity contribution in [2.24, 2.45) is 17.8 Å². The van der Waals surface area contributed by atoms with E-state index in [4.69, 9.17) is 9.76 Å². The normalized spacial score (nSPS) is 23.9. The molecule has 1 aliphatic carbocycles. The lowest BCUT2D eigenvalue weighted by molar-refractivity contribution is -0.141. The van der Waals surface area contributed by atoms with Crippen molar-refractivity contribution in [3.05, 3.63) is 71.1 Å². The molecule has 0 spiro atoms. The van der Waals surface area contributed by atoms with Crippen LogP contribution in [-0.2, 0) is 19.0 Å². The molecule has 3 aliphatic rings. The molecule has 2 aromatic rings. The molecule has 2 amide bonds. The molecule has 5 rings (SSSR count). The highest BCUT2D eigenvalue weighted by atomic mass is 16.5. The van der Waals surface area contributed by atoms with Crippen LogP contribution in [0.5, 0.6) is 5.75 Å². The number of imide groups is 1. The second-order valence-electron chi connectivity index (χ2n) is 11.7. The number of fused-ring (bicyclic) bond motifs is 3. The molecule has 226 valence electrons. The second kappa shape index (κ2) is 13.7. The number of aliphatic carboxylic acids is 1. The standard InChI is InChI=1S/C33H39BN2O7/c1-2-22-19-25-31(33(41)36(32(25)40)16-7-3-4-12-29(38)39)26-20-34(42)43-28(30(22)26)14-13-23(27-11-5-6-15-35-27)17-21-9-8-10-24(37)18-21/h5-6,8-11,15,17-18,25-26,28,31,37,42H,2-4,7,12-14,16,19-20H2,1H3,(H,38,39)/b23-17-/t25-,26+,28-,31-/m1/s1. The van der Waals surface area contributed by atoms with Crippen molar-refractivity contribution in [2.75, 3.05) is 6.54 Å². The number of rotatable bonds is 12. The first-order chi connectivity index (χ1) is 20.8. The Hall–Kier alpha value is -3.76. The van der Waals surface area contributed by atoms with Gasteiger partial charge in [-0.25, -0.2) is 0 Å². The van der Waals surface area contributed by atoms with Gasteiger partial charge in [0.1, 0.15) is 5.75 Å². The minimum Gasteiger partial charge on any atom is -0.508 e. The van der Waals surface area contributed by atoms with Crippen LogP contribution in [0.2, 0.25) is 6.32 Å². The van der Waals surface area contributed by atoms with Gasteiger partial charge in [-0.15, -0.1) is 0 Å². The summed E-state index contributed by atoms with van der Waals surface area (Å²) in [5.74, 6) is -2.23. The maximum Gasteiger partial charge on any atom is 0.455 e. The number of hydrogen-bond acceptors (Lipinski definition) is 7. The summed E-state index contributed by atoms with van der Waals surface area (Å²) in [6.07, 6.45) is 7.78. The molecule has 0 radical (unpaired) electrons. The van der Waals surface area contributed by atoms with Gasteiger partial charge in [0.15, 0.2) is 0 Å². The van der Waals surface area contributed by atoms with E-state index < -0.39 is 31.0 Å². The van der Waals surface area contributed by atoms with Crippen molar-refractivity contribution in [3.63, 3.8) is 0 Å². The van der Waals surface area contributed by atoms with Crippen LogP contribution in [0.3, 0.4) is 0 Å². The summed E-state index contributed by atoms with van der Waals surface area (Å²) >= 11 is 0. The average Bonchev–Trinajstić information content (AvgIpc) is 3.23. The zero-order valence-corrected chi connectivity index (χ0v) is 24.5. The van der Waals surface area contributed by atoms with Crippen LogP contribution in [0.4, 0.5) is 0 Å². The maximum atomic E-state index is 13.7. The molecule has 2 saturated heterocycles. The van der Waals surface area contributed by atoms with Gasteiger partial charge in [0.2, 0.25) is 11.8 Å². The number of nitrogens with zero attached hydrogens (tertiary/aromatic N) is 2. The smallest absolute Gasteiger partial charge is 0.455 e. The Morgan fingerprint density at radius 1 is 1.09 bits per heavy atom. The van der Waals surface area contributed by atoms with Crippen molar-refractivity contribution in [2.45, 2.75) is 70.7 Å². The van der Waals surface area contributed by atoms with E-state index in [1.807, 2.05) is 30.3 Å². The van der Waals surface area contributed by atoms with Crippen molar-refractivity contribution in [1.29, 1.82) is 0 Å². The van der Waals surface area contributed by atoms with Gasteiger partial charge in [0.25, 0.3) is 0 Å². The number of amides is 2. The van der Waals surface area contributed by atoms with Crippen LogP contribution in [0.25, 0.3) is 11.6 Å². The van der Waals surface area contributed by atoms with Crippen LogP contribution in [0, 0.1) is 17.8 Å². The monoisotopic (exact) mass is 586 g/mol. The highest BCUT2D eigenvalue weighted by Gasteiger charge is 2.56. The van der Waals surface area contributed by atoms with Gasteiger partial charge in [0.05, 0.1) is 23.6 Å². The molecule has 10 heteroatoms. The number of likely N-dealkylation sites (tertiary alicyclic amines) is 1. The van der Waals surface area contributed by atoms with E-state index in [0.29, 0.717) is 45.1 Å². The van der Waals surface area contributed by atoms with Gasteiger partial charge < -0.3 is 19.9 Å². The Kier molecular flexibility index (Phi) is 9.77. The highest BCUT2D eigenvalue weighted by Crippen LogP contribution is 2.51. The summed E-state index contributed by atoms with van der Waals surface area (Å²) in [6.45, 7) is 2.36. The fraction of sp³-hybridized carbons (Fsp3) is 0.455. The predicted octanol–water partition coefficient (Wildman–Crippen LogP) is 4.96. The fourth-order valence-electron chi connectivity index (χ4n) is 7.04. The predicted molar refractivity (Wildman–Crippen MR) is 162 cm³/mol. The molecule has 0 bridgehead atoms. The molecule has 1 aromatic carbocycles. The molecular weight excluding hydrogens is 547 g/mol. The van der Waals surface area contributed by atoms with Crippen molar-refractivity contribution >= 4 is 36.6 Å². The number of unbranched alkanes of at least 4 members (excludes halogenated alkanes) is 2. The number of benzene rings is 1. The Balaban J connectivity index is 1.36. The number of aromatic nitrogens is 1. The van der Waals surface area contributed by atoms with Crippen LogP contribution >= 0.6 is 0 Å². The molecular formula is C33H39BN2O7. The quantitative estimate of drug-likeness (QED) is 0.137. The van der Waals surface area contributed by atoms with Crippen molar-refractivity contribution < 1.29 is 34.3 Å². The number of carbonyl (C=O) groups is 3. The van der Waals surface area contributed by atoms with E-state index in [1.54, 1.807) is 24.4 Å². The van der Waals surface area contributed by atoms with Gasteiger partial charge in [0, 0.05) is 19.2 Å². The number of aromatic hydroxyl groups is 1. The summed E-state index contributed by atoms with van der Waals surface area (Å²) in [7, 11) is -1.04. The van der Waals surface area contributed by atoms with E-state index in [2.05, 4.69) is 11.9 Å². The third-order valence-electron chi connectivity index (χ3n) is 8.98. The van der Waals surface area contributed by atoms with Gasteiger partial charge >= 0.3 is 13.1 Å². The summed E-state index contributed by atoms with van der Waals surface area (Å²) in [4.78, 5) is 43.9. The maximum absolute atomic E-state index is 13.7.